The molecule has 0 saturated carbocycles. The SMILES string of the molecule is C/C(=C\c1nsc(Nc2ccc(Cl)cc2)n1)NCCc1ccccc1. The predicted molar refractivity (Wildman–Crippen MR) is 106 cm³/mol. The fourth-order valence-electron chi connectivity index (χ4n) is 2.29. The van der Waals surface area contributed by atoms with Crippen LogP contribution in [0.1, 0.15) is 18.3 Å². The highest BCUT2D eigenvalue weighted by molar-refractivity contribution is 7.09. The predicted octanol–water partition coefficient (Wildman–Crippen LogP) is 5.13. The molecule has 6 heteroatoms. The van der Waals surface area contributed by atoms with Gasteiger partial charge in [-0.1, -0.05) is 41.9 Å². The van der Waals surface area contributed by atoms with Crippen LogP contribution in [0.25, 0.3) is 6.08 Å². The normalized spacial score (nSPS) is 11.4. The minimum Gasteiger partial charge on any atom is -0.388 e. The molecule has 128 valence electrons. The van der Waals surface area contributed by atoms with Gasteiger partial charge in [0.2, 0.25) is 5.13 Å². The number of hydrogen-bond acceptors (Lipinski definition) is 5. The maximum Gasteiger partial charge on any atom is 0.207 e. The van der Waals surface area contributed by atoms with Crippen molar-refractivity contribution >= 4 is 40.0 Å². The van der Waals surface area contributed by atoms with Gasteiger partial charge in [-0.15, -0.1) is 0 Å². The van der Waals surface area contributed by atoms with E-state index in [4.69, 9.17) is 11.6 Å². The van der Waals surface area contributed by atoms with E-state index in [2.05, 4.69) is 44.3 Å². The van der Waals surface area contributed by atoms with Crippen LogP contribution in [-0.2, 0) is 6.42 Å². The van der Waals surface area contributed by atoms with E-state index in [1.54, 1.807) is 0 Å². The molecule has 0 saturated heterocycles. The fourth-order valence-corrected chi connectivity index (χ4v) is 2.99. The number of anilines is 2. The Hall–Kier alpha value is -2.37. The van der Waals surface area contributed by atoms with E-state index in [0.29, 0.717) is 10.8 Å². The maximum absolute atomic E-state index is 5.89. The van der Waals surface area contributed by atoms with Crippen LogP contribution in [0.5, 0.6) is 0 Å². The zero-order valence-corrected chi connectivity index (χ0v) is 15.4. The number of nitrogens with one attached hydrogen (secondary N) is 2. The zero-order valence-electron chi connectivity index (χ0n) is 13.9. The summed E-state index contributed by atoms with van der Waals surface area (Å²) in [6, 6.07) is 17.9. The van der Waals surface area contributed by atoms with E-state index in [0.717, 1.165) is 29.5 Å². The number of benzene rings is 2. The van der Waals surface area contributed by atoms with Crippen LogP contribution in [-0.4, -0.2) is 15.9 Å². The van der Waals surface area contributed by atoms with Gasteiger partial charge in [0.15, 0.2) is 5.82 Å². The second-order valence-electron chi connectivity index (χ2n) is 5.58. The minimum atomic E-state index is 0.700. The Morgan fingerprint density at radius 2 is 1.88 bits per heavy atom. The van der Waals surface area contributed by atoms with Gasteiger partial charge in [-0.3, -0.25) is 0 Å². The van der Waals surface area contributed by atoms with Crippen molar-refractivity contribution in [2.24, 2.45) is 0 Å². The molecule has 0 amide bonds. The Bertz CT molecular complexity index is 828. The van der Waals surface area contributed by atoms with Gasteiger partial charge in [-0.2, -0.15) is 9.36 Å². The minimum absolute atomic E-state index is 0.700. The molecule has 0 atom stereocenters. The van der Waals surface area contributed by atoms with Crippen molar-refractivity contribution in [3.05, 3.63) is 76.7 Å². The van der Waals surface area contributed by atoms with E-state index in [1.807, 2.05) is 43.3 Å². The van der Waals surface area contributed by atoms with Gasteiger partial charge in [0, 0.05) is 40.6 Å². The molecule has 1 aromatic heterocycles. The average molecular weight is 371 g/mol. The van der Waals surface area contributed by atoms with Gasteiger partial charge in [-0.25, -0.2) is 0 Å². The first-order valence-corrected chi connectivity index (χ1v) is 9.16. The van der Waals surface area contributed by atoms with Crippen LogP contribution in [0.4, 0.5) is 10.8 Å². The lowest BCUT2D eigenvalue weighted by Gasteiger charge is -2.05. The molecule has 0 fully saturated rings. The molecular weight excluding hydrogens is 352 g/mol. The van der Waals surface area contributed by atoms with Crippen molar-refractivity contribution in [3.63, 3.8) is 0 Å². The first-order valence-electron chi connectivity index (χ1n) is 8.01. The zero-order chi connectivity index (χ0) is 17.5. The van der Waals surface area contributed by atoms with Crippen LogP contribution < -0.4 is 10.6 Å². The smallest absolute Gasteiger partial charge is 0.207 e. The molecule has 3 aromatic rings. The molecule has 2 N–H and O–H groups in total. The first-order chi connectivity index (χ1) is 12.2. The lowest BCUT2D eigenvalue weighted by atomic mass is 10.1. The summed E-state index contributed by atoms with van der Waals surface area (Å²) in [4.78, 5) is 4.48. The van der Waals surface area contributed by atoms with E-state index >= 15 is 0 Å². The van der Waals surface area contributed by atoms with Crippen molar-refractivity contribution in [2.75, 3.05) is 11.9 Å². The number of halogens is 1. The Morgan fingerprint density at radius 3 is 2.64 bits per heavy atom. The third-order valence-electron chi connectivity index (χ3n) is 3.54. The summed E-state index contributed by atoms with van der Waals surface area (Å²) in [7, 11) is 0. The highest BCUT2D eigenvalue weighted by atomic mass is 35.5. The summed E-state index contributed by atoms with van der Waals surface area (Å²) in [5.74, 6) is 0.700. The molecule has 2 aromatic carbocycles. The largest absolute Gasteiger partial charge is 0.388 e. The van der Waals surface area contributed by atoms with E-state index in [-0.39, 0.29) is 0 Å². The van der Waals surface area contributed by atoms with Gasteiger partial charge in [0.1, 0.15) is 0 Å². The van der Waals surface area contributed by atoms with Gasteiger partial charge in [0.25, 0.3) is 0 Å². The molecule has 0 unspecified atom stereocenters. The summed E-state index contributed by atoms with van der Waals surface area (Å²) in [5, 5.41) is 8.09. The van der Waals surface area contributed by atoms with Crippen LogP contribution in [0.2, 0.25) is 5.02 Å². The molecule has 0 radical (unpaired) electrons. The molecule has 1 heterocycles. The number of nitrogens with zero attached hydrogens (tertiary/aromatic N) is 2. The Balaban J connectivity index is 1.52. The lowest BCUT2D eigenvalue weighted by molar-refractivity contribution is 0.792. The van der Waals surface area contributed by atoms with Crippen molar-refractivity contribution in [2.45, 2.75) is 13.3 Å². The van der Waals surface area contributed by atoms with Gasteiger partial charge in [0.05, 0.1) is 0 Å². The monoisotopic (exact) mass is 370 g/mol. The topological polar surface area (TPSA) is 49.8 Å². The summed E-state index contributed by atoms with van der Waals surface area (Å²) in [5.41, 5.74) is 3.31. The lowest BCUT2D eigenvalue weighted by Crippen LogP contribution is -2.14. The second kappa shape index (κ2) is 8.65. The van der Waals surface area contributed by atoms with Crippen LogP contribution in [0.3, 0.4) is 0 Å². The Labute approximate surface area is 156 Å². The van der Waals surface area contributed by atoms with Gasteiger partial charge < -0.3 is 10.6 Å². The van der Waals surface area contributed by atoms with E-state index < -0.39 is 0 Å². The molecule has 4 nitrogen and oxygen atoms in total. The van der Waals surface area contributed by atoms with Crippen LogP contribution in [0, 0.1) is 0 Å². The molecule has 0 aliphatic carbocycles. The van der Waals surface area contributed by atoms with Crippen LogP contribution in [0.15, 0.2) is 60.3 Å². The number of hydrogen-bond donors (Lipinski definition) is 2. The third-order valence-corrected chi connectivity index (χ3v) is 4.44. The van der Waals surface area contributed by atoms with E-state index in [1.165, 1.54) is 17.1 Å². The summed E-state index contributed by atoms with van der Waals surface area (Å²) < 4.78 is 4.36. The first kappa shape index (κ1) is 17.5. The fraction of sp³-hybridized carbons (Fsp3) is 0.158. The number of rotatable bonds is 7. The second-order valence-corrected chi connectivity index (χ2v) is 6.77. The molecular formula is C19H19ClN4S. The summed E-state index contributed by atoms with van der Waals surface area (Å²) >= 11 is 7.22. The molecule has 0 aliphatic rings. The molecule has 0 aliphatic heterocycles. The molecule has 3 rings (SSSR count). The maximum atomic E-state index is 5.89. The van der Waals surface area contributed by atoms with Crippen molar-refractivity contribution in [3.8, 4) is 0 Å². The third kappa shape index (κ3) is 5.59. The Morgan fingerprint density at radius 1 is 1.12 bits per heavy atom. The number of aromatic nitrogens is 2. The highest BCUT2D eigenvalue weighted by Gasteiger charge is 2.03. The molecule has 0 bridgehead atoms. The van der Waals surface area contributed by atoms with Crippen molar-refractivity contribution < 1.29 is 0 Å². The standard InChI is InChI=1S/C19H19ClN4S/c1-14(21-12-11-15-5-3-2-4-6-15)13-18-23-19(25-24-18)22-17-9-7-16(20)8-10-17/h2-10,13,21H,11-12H2,1H3,(H,22,23,24)/b14-13+. The van der Waals surface area contributed by atoms with Gasteiger partial charge >= 0.3 is 0 Å². The van der Waals surface area contributed by atoms with Crippen LogP contribution >= 0.6 is 23.1 Å². The van der Waals surface area contributed by atoms with Crippen molar-refractivity contribution in [1.82, 2.24) is 14.7 Å². The average Bonchev–Trinajstić information content (AvgIpc) is 3.05. The molecule has 0 spiro atoms. The quantitative estimate of drug-likeness (QED) is 0.605. The summed E-state index contributed by atoms with van der Waals surface area (Å²) in [6.07, 6.45) is 2.94. The highest BCUT2D eigenvalue weighted by Crippen LogP contribution is 2.20. The summed E-state index contributed by atoms with van der Waals surface area (Å²) in [6.45, 7) is 2.91. The van der Waals surface area contributed by atoms with Crippen molar-refractivity contribution in [1.29, 1.82) is 0 Å². The van der Waals surface area contributed by atoms with Gasteiger partial charge in [-0.05, 0) is 43.2 Å². The van der Waals surface area contributed by atoms with E-state index in [9.17, 15) is 0 Å². The Kier molecular flexibility index (Phi) is 6.04. The number of allylic oxidation sites excluding steroid dienone is 1. The molecule has 25 heavy (non-hydrogen) atoms.